The molecule has 1 aliphatic rings. The molecule has 0 saturated heterocycles. The summed E-state index contributed by atoms with van der Waals surface area (Å²) in [7, 11) is -4.02. The predicted molar refractivity (Wildman–Crippen MR) is 95.4 cm³/mol. The molecule has 1 aliphatic heterocycles. The Kier molecular flexibility index (Phi) is 4.77. The Bertz CT molecular complexity index is 985. The molecule has 2 aromatic carbocycles. The second kappa shape index (κ2) is 7.01. The van der Waals surface area contributed by atoms with Crippen molar-refractivity contribution >= 4 is 27.5 Å². The van der Waals surface area contributed by atoms with Gasteiger partial charge in [0.05, 0.1) is 5.56 Å². The molecule has 8 heteroatoms. The average molecular weight is 372 g/mol. The molecular formula is C18H16N2O5S. The summed E-state index contributed by atoms with van der Waals surface area (Å²) in [5.74, 6) is -0.811. The zero-order valence-electron chi connectivity index (χ0n) is 13.7. The van der Waals surface area contributed by atoms with E-state index in [0.29, 0.717) is 22.3 Å². The Morgan fingerprint density at radius 3 is 2.69 bits per heavy atom. The molecule has 0 aromatic heterocycles. The van der Waals surface area contributed by atoms with Crippen LogP contribution in [0.4, 0.5) is 5.69 Å². The monoisotopic (exact) mass is 372 g/mol. The smallest absolute Gasteiger partial charge is 0.269 e. The second-order valence-corrected chi connectivity index (χ2v) is 7.32. The third kappa shape index (κ3) is 3.31. The first-order chi connectivity index (χ1) is 12.4. The van der Waals surface area contributed by atoms with Gasteiger partial charge in [-0.05, 0) is 24.3 Å². The normalized spacial score (nSPS) is 14.6. The SMILES string of the molecule is C=CCOc1cccc(NC(=O)CN2C(=O)c3ccccc3S2(=O)=O)c1. The van der Waals surface area contributed by atoms with Crippen LogP contribution < -0.4 is 10.1 Å². The lowest BCUT2D eigenvalue weighted by atomic mass is 10.2. The number of nitrogens with one attached hydrogen (secondary N) is 1. The van der Waals surface area contributed by atoms with Gasteiger partial charge in [-0.15, -0.1) is 0 Å². The molecule has 2 amide bonds. The van der Waals surface area contributed by atoms with Gasteiger partial charge in [-0.3, -0.25) is 9.59 Å². The number of benzene rings is 2. The van der Waals surface area contributed by atoms with Gasteiger partial charge in [-0.25, -0.2) is 12.7 Å². The molecule has 1 heterocycles. The summed E-state index contributed by atoms with van der Waals surface area (Å²) in [5, 5.41) is 2.57. The summed E-state index contributed by atoms with van der Waals surface area (Å²) < 4.78 is 30.8. The highest BCUT2D eigenvalue weighted by molar-refractivity contribution is 7.90. The quantitative estimate of drug-likeness (QED) is 0.784. The van der Waals surface area contributed by atoms with Crippen LogP contribution in [0.2, 0.25) is 0 Å². The number of rotatable bonds is 6. The van der Waals surface area contributed by atoms with Crippen molar-refractivity contribution in [2.24, 2.45) is 0 Å². The van der Waals surface area contributed by atoms with Crippen molar-refractivity contribution in [1.29, 1.82) is 0 Å². The molecule has 0 fully saturated rings. The van der Waals surface area contributed by atoms with Crippen LogP contribution in [-0.4, -0.2) is 37.7 Å². The highest BCUT2D eigenvalue weighted by Crippen LogP contribution is 2.29. The molecule has 3 rings (SSSR count). The topological polar surface area (TPSA) is 92.8 Å². The van der Waals surface area contributed by atoms with E-state index in [1.807, 2.05) is 0 Å². The number of hydrogen-bond acceptors (Lipinski definition) is 5. The van der Waals surface area contributed by atoms with E-state index in [0.717, 1.165) is 0 Å². The maximum absolute atomic E-state index is 12.5. The fraction of sp³-hybridized carbons (Fsp3) is 0.111. The van der Waals surface area contributed by atoms with E-state index in [-0.39, 0.29) is 10.5 Å². The Morgan fingerprint density at radius 1 is 1.19 bits per heavy atom. The molecule has 1 N–H and O–H groups in total. The van der Waals surface area contributed by atoms with Crippen LogP contribution in [0, 0.1) is 0 Å². The van der Waals surface area contributed by atoms with Gasteiger partial charge in [-0.2, -0.15) is 0 Å². The minimum absolute atomic E-state index is 0.0696. The van der Waals surface area contributed by atoms with E-state index in [1.54, 1.807) is 36.4 Å². The predicted octanol–water partition coefficient (Wildman–Crippen LogP) is 2.03. The van der Waals surface area contributed by atoms with Crippen LogP contribution in [0.3, 0.4) is 0 Å². The molecule has 0 aliphatic carbocycles. The summed E-state index contributed by atoms with van der Waals surface area (Å²) in [5.41, 5.74) is 0.498. The van der Waals surface area contributed by atoms with Gasteiger partial charge in [0.1, 0.15) is 23.8 Å². The summed E-state index contributed by atoms with van der Waals surface area (Å²) in [6, 6.07) is 12.5. The Hall–Kier alpha value is -3.13. The van der Waals surface area contributed by atoms with Crippen molar-refractivity contribution < 1.29 is 22.7 Å². The number of fused-ring (bicyclic) bond motifs is 1. The third-order valence-electron chi connectivity index (χ3n) is 3.68. The Morgan fingerprint density at radius 2 is 1.96 bits per heavy atom. The number of ether oxygens (including phenoxy) is 1. The van der Waals surface area contributed by atoms with Gasteiger partial charge in [0.2, 0.25) is 5.91 Å². The fourth-order valence-corrected chi connectivity index (χ4v) is 4.06. The van der Waals surface area contributed by atoms with Gasteiger partial charge in [0.15, 0.2) is 0 Å². The van der Waals surface area contributed by atoms with Crippen molar-refractivity contribution in [3.8, 4) is 5.75 Å². The molecule has 0 spiro atoms. The van der Waals surface area contributed by atoms with Gasteiger partial charge in [0, 0.05) is 11.8 Å². The van der Waals surface area contributed by atoms with Gasteiger partial charge in [-0.1, -0.05) is 30.9 Å². The highest BCUT2D eigenvalue weighted by Gasteiger charge is 2.41. The number of sulfonamides is 1. The zero-order valence-corrected chi connectivity index (χ0v) is 14.5. The summed E-state index contributed by atoms with van der Waals surface area (Å²) in [6.07, 6.45) is 1.59. The van der Waals surface area contributed by atoms with E-state index >= 15 is 0 Å². The van der Waals surface area contributed by atoms with E-state index in [1.165, 1.54) is 18.2 Å². The first-order valence-corrected chi connectivity index (χ1v) is 9.17. The maximum atomic E-state index is 12.5. The molecule has 2 aromatic rings. The van der Waals surface area contributed by atoms with Crippen molar-refractivity contribution in [2.75, 3.05) is 18.5 Å². The van der Waals surface area contributed by atoms with E-state index in [9.17, 15) is 18.0 Å². The van der Waals surface area contributed by atoms with Crippen LogP contribution in [0.1, 0.15) is 10.4 Å². The summed E-state index contributed by atoms with van der Waals surface area (Å²) in [6.45, 7) is 3.26. The lowest BCUT2D eigenvalue weighted by Crippen LogP contribution is -2.37. The van der Waals surface area contributed by atoms with Crippen LogP contribution in [-0.2, 0) is 14.8 Å². The molecule has 26 heavy (non-hydrogen) atoms. The van der Waals surface area contributed by atoms with E-state index in [2.05, 4.69) is 11.9 Å². The molecule has 134 valence electrons. The summed E-state index contributed by atoms with van der Waals surface area (Å²) in [4.78, 5) is 24.5. The summed E-state index contributed by atoms with van der Waals surface area (Å²) >= 11 is 0. The number of carbonyl (C=O) groups excluding carboxylic acids is 2. The van der Waals surface area contributed by atoms with Gasteiger partial charge >= 0.3 is 0 Å². The number of hydrogen-bond donors (Lipinski definition) is 1. The molecule has 0 saturated carbocycles. The van der Waals surface area contributed by atoms with E-state index < -0.39 is 28.4 Å². The van der Waals surface area contributed by atoms with Gasteiger partial charge < -0.3 is 10.1 Å². The minimum atomic E-state index is -4.02. The Balaban J connectivity index is 1.73. The lowest BCUT2D eigenvalue weighted by Gasteiger charge is -2.15. The molecule has 0 radical (unpaired) electrons. The van der Waals surface area contributed by atoms with Crippen LogP contribution in [0.15, 0.2) is 66.1 Å². The maximum Gasteiger partial charge on any atom is 0.269 e. The fourth-order valence-electron chi connectivity index (χ4n) is 2.54. The number of carbonyl (C=O) groups is 2. The first-order valence-electron chi connectivity index (χ1n) is 7.73. The molecule has 7 nitrogen and oxygen atoms in total. The number of nitrogens with zero attached hydrogens (tertiary/aromatic N) is 1. The van der Waals surface area contributed by atoms with Crippen molar-refractivity contribution in [1.82, 2.24) is 4.31 Å². The largest absolute Gasteiger partial charge is 0.489 e. The molecule has 0 bridgehead atoms. The van der Waals surface area contributed by atoms with Crippen LogP contribution in [0.25, 0.3) is 0 Å². The van der Waals surface area contributed by atoms with Crippen molar-refractivity contribution in [3.63, 3.8) is 0 Å². The number of amides is 2. The molecule has 0 unspecified atom stereocenters. The highest BCUT2D eigenvalue weighted by atomic mass is 32.2. The zero-order chi connectivity index (χ0) is 18.7. The van der Waals surface area contributed by atoms with E-state index in [4.69, 9.17) is 4.74 Å². The molecule has 0 atom stereocenters. The average Bonchev–Trinajstić information content (AvgIpc) is 2.81. The lowest BCUT2D eigenvalue weighted by molar-refractivity contribution is -0.116. The van der Waals surface area contributed by atoms with Crippen molar-refractivity contribution in [3.05, 3.63) is 66.7 Å². The van der Waals surface area contributed by atoms with Crippen LogP contribution in [0.5, 0.6) is 5.75 Å². The number of anilines is 1. The molecular weight excluding hydrogens is 356 g/mol. The van der Waals surface area contributed by atoms with Crippen LogP contribution >= 0.6 is 0 Å². The first kappa shape index (κ1) is 17.7. The van der Waals surface area contributed by atoms with Gasteiger partial charge in [0.25, 0.3) is 15.9 Å². The second-order valence-electron chi connectivity index (χ2n) is 5.49. The minimum Gasteiger partial charge on any atom is -0.489 e. The third-order valence-corrected chi connectivity index (χ3v) is 5.47. The standard InChI is InChI=1S/C18H16N2O5S/c1-2-10-25-14-7-5-6-13(11-14)19-17(21)12-20-18(22)15-8-3-4-9-16(15)26(20,23)24/h2-9,11H,1,10,12H2,(H,19,21). The Labute approximate surface area is 150 Å². The van der Waals surface area contributed by atoms with Crippen molar-refractivity contribution in [2.45, 2.75) is 4.90 Å².